The molecule has 3 rings (SSSR count). The molecule has 0 radical (unpaired) electrons. The molecule has 1 atom stereocenters. The number of aliphatic carboxylic acids is 2. The van der Waals surface area contributed by atoms with Crippen LogP contribution in [0.4, 0.5) is 13.2 Å². The summed E-state index contributed by atoms with van der Waals surface area (Å²) in [5, 5.41) is 28.6. The molecule has 0 saturated heterocycles. The van der Waals surface area contributed by atoms with Crippen LogP contribution in [-0.2, 0) is 25.7 Å². The first-order chi connectivity index (χ1) is 21.8. The van der Waals surface area contributed by atoms with Crippen LogP contribution in [0.15, 0.2) is 84.9 Å². The fraction of sp³-hybridized carbons (Fsp3) is 0.281. The molecule has 10 nitrogen and oxygen atoms in total. The predicted octanol–water partition coefficient (Wildman–Crippen LogP) is 4.57. The van der Waals surface area contributed by atoms with Gasteiger partial charge in [-0.3, -0.25) is 14.4 Å². The smallest absolute Gasteiger partial charge is 0.481 e. The number of halogens is 3. The molecule has 0 spiro atoms. The Bertz CT molecular complexity index is 1430. The van der Waals surface area contributed by atoms with Crippen LogP contribution >= 0.6 is 12.2 Å². The van der Waals surface area contributed by atoms with Gasteiger partial charge in [0.1, 0.15) is 0 Å². The maximum atomic E-state index is 12.5. The van der Waals surface area contributed by atoms with E-state index >= 15 is 0 Å². The molecule has 1 unspecified atom stereocenters. The molecule has 0 heterocycles. The number of carbonyl (C=O) groups excluding carboxylic acids is 2. The number of hydrogen-bond donors (Lipinski definition) is 6. The van der Waals surface area contributed by atoms with Crippen LogP contribution in [0.25, 0.3) is 11.1 Å². The Hall–Kier alpha value is -4.98. The van der Waals surface area contributed by atoms with Gasteiger partial charge in [0.25, 0.3) is 0 Å². The first-order valence-electron chi connectivity index (χ1n) is 14.1. The molecule has 14 heteroatoms. The largest absolute Gasteiger partial charge is 0.490 e. The predicted molar refractivity (Wildman–Crippen MR) is 169 cm³/mol. The number of carboxylic acid groups (broad SMARTS) is 2. The lowest BCUT2D eigenvalue weighted by Gasteiger charge is -2.18. The summed E-state index contributed by atoms with van der Waals surface area (Å²) >= 11 is 5.27. The number of hydrogen-bond acceptors (Lipinski definition) is 5. The molecule has 0 aromatic heterocycles. The number of amides is 2. The van der Waals surface area contributed by atoms with Gasteiger partial charge in [-0.1, -0.05) is 84.9 Å². The molecular weight excluding hydrogens is 625 g/mol. The maximum Gasteiger partial charge on any atom is 0.490 e. The quantitative estimate of drug-likeness (QED) is 0.108. The van der Waals surface area contributed by atoms with Crippen molar-refractivity contribution in [3.63, 3.8) is 0 Å². The molecule has 3 aromatic rings. The molecule has 0 fully saturated rings. The van der Waals surface area contributed by atoms with E-state index in [0.717, 1.165) is 23.1 Å². The fourth-order valence-corrected chi connectivity index (χ4v) is 4.11. The number of benzene rings is 3. The van der Waals surface area contributed by atoms with Crippen molar-refractivity contribution in [1.29, 1.82) is 0 Å². The van der Waals surface area contributed by atoms with Gasteiger partial charge in [0.2, 0.25) is 11.8 Å². The summed E-state index contributed by atoms with van der Waals surface area (Å²) in [5.41, 5.74) is 3.86. The Morgan fingerprint density at radius 2 is 1.30 bits per heavy atom. The molecule has 6 N–H and O–H groups in total. The third kappa shape index (κ3) is 15.1. The normalized spacial score (nSPS) is 11.2. The number of carbonyl (C=O) groups is 4. The molecule has 0 aliphatic heterocycles. The van der Waals surface area contributed by atoms with E-state index in [1.165, 1.54) is 0 Å². The van der Waals surface area contributed by atoms with Crippen LogP contribution in [0.2, 0.25) is 0 Å². The van der Waals surface area contributed by atoms with Crippen molar-refractivity contribution in [2.24, 2.45) is 0 Å². The highest BCUT2D eigenvalue weighted by Crippen LogP contribution is 2.23. The van der Waals surface area contributed by atoms with Gasteiger partial charge < -0.3 is 31.5 Å². The van der Waals surface area contributed by atoms with Crippen molar-refractivity contribution in [1.82, 2.24) is 21.3 Å². The van der Waals surface area contributed by atoms with E-state index in [2.05, 4.69) is 21.3 Å². The number of carboxylic acids is 2. The number of unbranched alkanes of at least 4 members (excludes halogenated alkanes) is 1. The number of nitrogens with one attached hydrogen (secondary N) is 4. The van der Waals surface area contributed by atoms with Crippen molar-refractivity contribution >= 4 is 41.1 Å². The van der Waals surface area contributed by atoms with E-state index in [0.29, 0.717) is 30.2 Å². The number of rotatable bonds is 14. The van der Waals surface area contributed by atoms with Crippen LogP contribution in [0, 0.1) is 0 Å². The summed E-state index contributed by atoms with van der Waals surface area (Å²) in [6, 6.07) is 26.5. The molecule has 0 bridgehead atoms. The van der Waals surface area contributed by atoms with Crippen molar-refractivity contribution in [2.75, 3.05) is 13.1 Å². The zero-order valence-corrected chi connectivity index (χ0v) is 25.5. The van der Waals surface area contributed by atoms with Crippen molar-refractivity contribution in [3.05, 3.63) is 96.1 Å². The van der Waals surface area contributed by atoms with E-state index < -0.39 is 30.1 Å². The summed E-state index contributed by atoms with van der Waals surface area (Å²) in [6.45, 7) is 1.06. The van der Waals surface area contributed by atoms with Gasteiger partial charge in [0, 0.05) is 19.5 Å². The van der Waals surface area contributed by atoms with Crippen molar-refractivity contribution in [3.8, 4) is 11.1 Å². The Morgan fingerprint density at radius 3 is 1.87 bits per heavy atom. The maximum absolute atomic E-state index is 12.5. The first-order valence-corrected chi connectivity index (χ1v) is 14.5. The first kappa shape index (κ1) is 37.2. The standard InChI is InChI=1S/C30H34N4O4S.C2HF3O2/c35-27(13-7-8-18-31-30(39)33-20-22-9-3-1-4-10-22)32-21-28(36)34-26(19-29(37)38)25-16-14-24(15-17-25)23-11-5-2-6-12-23;3-2(4,5)1(6)7/h1-6,9-12,14-17,26H,7-8,13,18-21H2,(H,32,35)(H,34,36)(H,37,38)(H2,31,33,39);(H,6,7). The molecule has 0 aliphatic carbocycles. The lowest BCUT2D eigenvalue weighted by molar-refractivity contribution is -0.192. The Balaban J connectivity index is 0.000000942. The van der Waals surface area contributed by atoms with E-state index in [4.69, 9.17) is 22.1 Å². The summed E-state index contributed by atoms with van der Waals surface area (Å²) in [4.78, 5) is 44.9. The zero-order chi connectivity index (χ0) is 34.0. The van der Waals surface area contributed by atoms with E-state index in [1.807, 2.05) is 84.9 Å². The Labute approximate surface area is 269 Å². The fourth-order valence-electron chi connectivity index (χ4n) is 3.93. The van der Waals surface area contributed by atoms with Crippen LogP contribution in [0.1, 0.15) is 42.9 Å². The van der Waals surface area contributed by atoms with E-state index in [9.17, 15) is 32.7 Å². The lowest BCUT2D eigenvalue weighted by atomic mass is 9.99. The van der Waals surface area contributed by atoms with Crippen LogP contribution in [0.5, 0.6) is 0 Å². The topological polar surface area (TPSA) is 157 Å². The average Bonchev–Trinajstić information content (AvgIpc) is 3.03. The highest BCUT2D eigenvalue weighted by atomic mass is 32.1. The molecular formula is C32H35F3N4O6S. The second kappa shape index (κ2) is 19.4. The Kier molecular flexibility index (Phi) is 15.7. The second-order valence-electron chi connectivity index (χ2n) is 9.84. The van der Waals surface area contributed by atoms with E-state index in [-0.39, 0.29) is 25.3 Å². The summed E-state index contributed by atoms with van der Waals surface area (Å²) in [5.74, 6) is -4.47. The number of alkyl halides is 3. The van der Waals surface area contributed by atoms with Crippen LogP contribution in [-0.4, -0.2) is 58.3 Å². The molecule has 46 heavy (non-hydrogen) atoms. The van der Waals surface area contributed by atoms with Crippen LogP contribution < -0.4 is 21.3 Å². The highest BCUT2D eigenvalue weighted by molar-refractivity contribution is 7.80. The molecule has 2 amide bonds. The summed E-state index contributed by atoms with van der Waals surface area (Å²) in [6.07, 6.45) is -3.69. The minimum atomic E-state index is -5.08. The molecule has 0 saturated carbocycles. The zero-order valence-electron chi connectivity index (χ0n) is 24.7. The highest BCUT2D eigenvalue weighted by Gasteiger charge is 2.38. The number of thiocarbonyl (C=S) groups is 1. The lowest BCUT2D eigenvalue weighted by Crippen LogP contribution is -2.39. The van der Waals surface area contributed by atoms with Gasteiger partial charge in [-0.05, 0) is 47.3 Å². The monoisotopic (exact) mass is 660 g/mol. The summed E-state index contributed by atoms with van der Waals surface area (Å²) in [7, 11) is 0. The second-order valence-corrected chi connectivity index (χ2v) is 10.2. The molecule has 246 valence electrons. The van der Waals surface area contributed by atoms with Gasteiger partial charge in [-0.2, -0.15) is 13.2 Å². The van der Waals surface area contributed by atoms with Gasteiger partial charge >= 0.3 is 18.1 Å². The summed E-state index contributed by atoms with van der Waals surface area (Å²) < 4.78 is 31.7. The van der Waals surface area contributed by atoms with Crippen molar-refractivity contribution < 1.29 is 42.6 Å². The minimum absolute atomic E-state index is 0.219. The van der Waals surface area contributed by atoms with Crippen LogP contribution in [0.3, 0.4) is 0 Å². The van der Waals surface area contributed by atoms with Gasteiger partial charge in [-0.15, -0.1) is 0 Å². The third-order valence-electron chi connectivity index (χ3n) is 6.23. The molecule has 3 aromatic carbocycles. The Morgan fingerprint density at radius 1 is 0.739 bits per heavy atom. The van der Waals surface area contributed by atoms with Gasteiger partial charge in [-0.25, -0.2) is 4.79 Å². The van der Waals surface area contributed by atoms with Gasteiger partial charge in [0.15, 0.2) is 5.11 Å². The average molecular weight is 661 g/mol. The minimum Gasteiger partial charge on any atom is -0.481 e. The third-order valence-corrected chi connectivity index (χ3v) is 6.52. The van der Waals surface area contributed by atoms with E-state index in [1.54, 1.807) is 0 Å². The van der Waals surface area contributed by atoms with Crippen molar-refractivity contribution in [2.45, 2.75) is 44.4 Å². The molecule has 0 aliphatic rings. The SMILES string of the molecule is O=C(O)C(F)(F)F.O=C(O)CC(NC(=O)CNC(=O)CCCCNC(=S)NCc1ccccc1)c1ccc(-c2ccccc2)cc1. The van der Waals surface area contributed by atoms with Gasteiger partial charge in [0.05, 0.1) is 19.0 Å².